The van der Waals surface area contributed by atoms with Crippen molar-refractivity contribution in [2.75, 3.05) is 20.0 Å². The van der Waals surface area contributed by atoms with E-state index in [2.05, 4.69) is 0 Å². The number of anilines is 1. The summed E-state index contributed by atoms with van der Waals surface area (Å²) >= 11 is 0. The van der Waals surface area contributed by atoms with Crippen molar-refractivity contribution in [2.45, 2.75) is 5.75 Å². The van der Waals surface area contributed by atoms with E-state index < -0.39 is 10.0 Å². The lowest BCUT2D eigenvalue weighted by Gasteiger charge is -2.11. The fraction of sp³-hybridized carbons (Fsp3) is 0.333. The maximum Gasteiger partial charge on any atom is 0.213 e. The van der Waals surface area contributed by atoms with Crippen molar-refractivity contribution in [3.8, 4) is 11.5 Å². The van der Waals surface area contributed by atoms with Crippen LogP contribution in [0.1, 0.15) is 5.56 Å². The molecule has 0 heterocycles. The van der Waals surface area contributed by atoms with Gasteiger partial charge in [0.25, 0.3) is 0 Å². The molecule has 90 valence electrons. The van der Waals surface area contributed by atoms with E-state index in [0.29, 0.717) is 22.7 Å². The number of methoxy groups -OCH3 is 2. The van der Waals surface area contributed by atoms with Crippen molar-refractivity contribution in [1.29, 1.82) is 0 Å². The molecule has 1 rings (SSSR count). The summed E-state index contributed by atoms with van der Waals surface area (Å²) in [5.41, 5.74) is 6.44. The number of primary sulfonamides is 1. The Labute approximate surface area is 94.2 Å². The summed E-state index contributed by atoms with van der Waals surface area (Å²) in [6, 6.07) is 3.00. The Morgan fingerprint density at radius 2 is 1.75 bits per heavy atom. The van der Waals surface area contributed by atoms with Gasteiger partial charge in [0, 0.05) is 11.6 Å². The molecule has 0 amide bonds. The highest BCUT2D eigenvalue weighted by molar-refractivity contribution is 7.88. The van der Waals surface area contributed by atoms with E-state index in [1.165, 1.54) is 26.4 Å². The second kappa shape index (κ2) is 4.58. The van der Waals surface area contributed by atoms with Gasteiger partial charge in [-0.25, -0.2) is 13.6 Å². The third-order valence-electron chi connectivity index (χ3n) is 1.99. The van der Waals surface area contributed by atoms with E-state index in [0.717, 1.165) is 0 Å². The van der Waals surface area contributed by atoms with Crippen LogP contribution in [0.3, 0.4) is 0 Å². The van der Waals surface area contributed by atoms with Crippen molar-refractivity contribution in [1.82, 2.24) is 0 Å². The van der Waals surface area contributed by atoms with Crippen LogP contribution in [-0.2, 0) is 15.8 Å². The smallest absolute Gasteiger partial charge is 0.213 e. The van der Waals surface area contributed by atoms with E-state index in [4.69, 9.17) is 20.3 Å². The predicted molar refractivity (Wildman–Crippen MR) is 60.8 cm³/mol. The summed E-state index contributed by atoms with van der Waals surface area (Å²) < 4.78 is 32.0. The summed E-state index contributed by atoms with van der Waals surface area (Å²) in [7, 11) is -0.756. The average Bonchev–Trinajstić information content (AvgIpc) is 2.18. The molecule has 0 radical (unpaired) electrons. The normalized spacial score (nSPS) is 11.2. The number of hydrogen-bond acceptors (Lipinski definition) is 5. The molecular weight excluding hydrogens is 232 g/mol. The maximum atomic E-state index is 11.0. The molecule has 1 aromatic carbocycles. The van der Waals surface area contributed by atoms with Crippen LogP contribution >= 0.6 is 0 Å². The molecule has 0 unspecified atom stereocenters. The van der Waals surface area contributed by atoms with E-state index >= 15 is 0 Å². The molecule has 0 aliphatic carbocycles. The third kappa shape index (κ3) is 3.01. The van der Waals surface area contributed by atoms with Gasteiger partial charge in [-0.2, -0.15) is 0 Å². The molecule has 16 heavy (non-hydrogen) atoms. The lowest BCUT2D eigenvalue weighted by atomic mass is 10.2. The largest absolute Gasteiger partial charge is 0.496 e. The molecule has 0 saturated heterocycles. The zero-order chi connectivity index (χ0) is 12.3. The first kappa shape index (κ1) is 12.6. The molecule has 0 saturated carbocycles. The van der Waals surface area contributed by atoms with Crippen molar-refractivity contribution in [2.24, 2.45) is 5.14 Å². The minimum atomic E-state index is -3.62. The average molecular weight is 246 g/mol. The van der Waals surface area contributed by atoms with Gasteiger partial charge in [0.15, 0.2) is 0 Å². The fourth-order valence-electron chi connectivity index (χ4n) is 1.31. The Kier molecular flexibility index (Phi) is 3.61. The lowest BCUT2D eigenvalue weighted by molar-refractivity contribution is 0.401. The molecule has 0 atom stereocenters. The van der Waals surface area contributed by atoms with Crippen molar-refractivity contribution < 1.29 is 17.9 Å². The number of nitrogens with two attached hydrogens (primary N) is 2. The Morgan fingerprint density at radius 1 is 1.19 bits per heavy atom. The standard InChI is InChI=1S/C9H14N2O4S/c1-14-8-4-7(10)9(15-2)3-6(8)5-16(11,12)13/h3-4H,5,10H2,1-2H3,(H2,11,12,13). The second-order valence-electron chi connectivity index (χ2n) is 3.21. The molecule has 0 bridgehead atoms. The number of rotatable bonds is 4. The lowest BCUT2D eigenvalue weighted by Crippen LogP contribution is -2.15. The van der Waals surface area contributed by atoms with Crippen molar-refractivity contribution in [3.05, 3.63) is 17.7 Å². The molecule has 0 aliphatic rings. The number of nitrogen functional groups attached to an aromatic ring is 1. The zero-order valence-electron chi connectivity index (χ0n) is 9.06. The number of sulfonamides is 1. The highest BCUT2D eigenvalue weighted by Gasteiger charge is 2.14. The van der Waals surface area contributed by atoms with Crippen molar-refractivity contribution >= 4 is 15.7 Å². The molecule has 0 spiro atoms. The molecule has 7 heteroatoms. The molecule has 0 fully saturated rings. The summed E-state index contributed by atoms with van der Waals surface area (Å²) in [5.74, 6) is 0.430. The van der Waals surface area contributed by atoms with Crippen LogP contribution < -0.4 is 20.3 Å². The first-order valence-electron chi connectivity index (χ1n) is 4.38. The minimum absolute atomic E-state index is 0.327. The highest BCUT2D eigenvalue weighted by Crippen LogP contribution is 2.31. The van der Waals surface area contributed by atoms with Crippen LogP contribution in [0, 0.1) is 0 Å². The Bertz CT molecular complexity index is 485. The van der Waals surface area contributed by atoms with E-state index in [9.17, 15) is 8.42 Å². The number of benzene rings is 1. The van der Waals surface area contributed by atoms with Gasteiger partial charge in [-0.15, -0.1) is 0 Å². The molecule has 0 aliphatic heterocycles. The Hall–Kier alpha value is -1.47. The van der Waals surface area contributed by atoms with Gasteiger partial charge in [0.2, 0.25) is 10.0 Å². The molecular formula is C9H14N2O4S. The monoisotopic (exact) mass is 246 g/mol. The van der Waals surface area contributed by atoms with Gasteiger partial charge in [0.1, 0.15) is 11.5 Å². The SMILES string of the molecule is COc1cc(CS(N)(=O)=O)c(OC)cc1N. The third-order valence-corrected chi connectivity index (χ3v) is 2.70. The topological polar surface area (TPSA) is 105 Å². The van der Waals surface area contributed by atoms with Gasteiger partial charge < -0.3 is 15.2 Å². The van der Waals surface area contributed by atoms with Gasteiger partial charge in [-0.1, -0.05) is 0 Å². The number of ether oxygens (including phenoxy) is 2. The maximum absolute atomic E-state index is 11.0. The molecule has 0 aromatic heterocycles. The molecule has 4 N–H and O–H groups in total. The quantitative estimate of drug-likeness (QED) is 0.732. The summed E-state index contributed by atoms with van der Waals surface area (Å²) in [6.45, 7) is 0. The van der Waals surface area contributed by atoms with Crippen LogP contribution in [0.4, 0.5) is 5.69 Å². The number of hydrogen-bond donors (Lipinski definition) is 2. The summed E-state index contributed by atoms with van der Waals surface area (Å²) in [6.07, 6.45) is 0. The van der Waals surface area contributed by atoms with E-state index in [1.54, 1.807) is 0 Å². The van der Waals surface area contributed by atoms with Crippen LogP contribution in [0.25, 0.3) is 0 Å². The zero-order valence-corrected chi connectivity index (χ0v) is 9.87. The fourth-order valence-corrected chi connectivity index (χ4v) is 1.97. The van der Waals surface area contributed by atoms with Gasteiger partial charge in [-0.3, -0.25) is 0 Å². The summed E-state index contributed by atoms with van der Waals surface area (Å²) in [4.78, 5) is 0. The van der Waals surface area contributed by atoms with Gasteiger partial charge >= 0.3 is 0 Å². The van der Waals surface area contributed by atoms with Gasteiger partial charge in [-0.05, 0) is 6.07 Å². The Morgan fingerprint density at radius 3 is 2.19 bits per heavy atom. The van der Waals surface area contributed by atoms with E-state index in [1.807, 2.05) is 0 Å². The summed E-state index contributed by atoms with van der Waals surface area (Å²) in [5, 5.41) is 4.97. The highest BCUT2D eigenvalue weighted by atomic mass is 32.2. The van der Waals surface area contributed by atoms with Crippen molar-refractivity contribution in [3.63, 3.8) is 0 Å². The van der Waals surface area contributed by atoms with E-state index in [-0.39, 0.29) is 5.75 Å². The van der Waals surface area contributed by atoms with Crippen LogP contribution in [0.5, 0.6) is 11.5 Å². The molecule has 6 nitrogen and oxygen atoms in total. The van der Waals surface area contributed by atoms with Crippen LogP contribution in [-0.4, -0.2) is 22.6 Å². The second-order valence-corrected chi connectivity index (χ2v) is 4.83. The first-order valence-corrected chi connectivity index (χ1v) is 6.09. The molecule has 1 aromatic rings. The van der Waals surface area contributed by atoms with Gasteiger partial charge in [0.05, 0.1) is 25.7 Å². The predicted octanol–water partition coefficient (Wildman–Crippen LogP) is 0.0745. The van der Waals surface area contributed by atoms with Crippen LogP contribution in [0.15, 0.2) is 12.1 Å². The Balaban J connectivity index is 3.25. The minimum Gasteiger partial charge on any atom is -0.496 e. The first-order chi connectivity index (χ1) is 7.37. The van der Waals surface area contributed by atoms with Crippen LogP contribution in [0.2, 0.25) is 0 Å².